The second-order valence-electron chi connectivity index (χ2n) is 3.72. The summed E-state index contributed by atoms with van der Waals surface area (Å²) < 4.78 is 50.8. The van der Waals surface area contributed by atoms with E-state index in [2.05, 4.69) is 4.36 Å². The van der Waals surface area contributed by atoms with Crippen LogP contribution in [0, 0.1) is 0 Å². The highest BCUT2D eigenvalue weighted by atomic mass is 32.2. The van der Waals surface area contributed by atoms with E-state index in [4.69, 9.17) is 5.73 Å². The van der Waals surface area contributed by atoms with E-state index in [1.54, 1.807) is 0 Å². The normalized spacial score (nSPS) is 31.2. The molecule has 0 aromatic rings. The van der Waals surface area contributed by atoms with Crippen molar-refractivity contribution in [3.63, 3.8) is 0 Å². The van der Waals surface area contributed by atoms with Crippen molar-refractivity contribution in [3.05, 3.63) is 0 Å². The van der Waals surface area contributed by atoms with Crippen LogP contribution in [0.5, 0.6) is 0 Å². The number of hydrogen-bond donors (Lipinski definition) is 1. The van der Waals surface area contributed by atoms with Crippen LogP contribution in [0.15, 0.2) is 4.36 Å². The van der Waals surface area contributed by atoms with Crippen LogP contribution in [-0.4, -0.2) is 33.8 Å². The van der Waals surface area contributed by atoms with Crippen molar-refractivity contribution in [1.82, 2.24) is 0 Å². The molecule has 0 spiro atoms. The maximum atomic E-state index is 11.9. The van der Waals surface area contributed by atoms with Crippen LogP contribution in [0.3, 0.4) is 0 Å². The molecule has 0 fully saturated rings. The molecule has 2 N–H and O–H groups in total. The quantitative estimate of drug-likeness (QED) is 0.822. The first-order valence-electron chi connectivity index (χ1n) is 4.81. The zero-order chi connectivity index (χ0) is 12.4. The first kappa shape index (κ1) is 13.4. The smallest absolute Gasteiger partial charge is 0.320 e. The molecule has 1 amide bonds. The standard InChI is InChI=1S/C8H13F3N2O2S/c9-8(10,11)3-1-4-16(15)5-2-6(12)7(14)13-16/h6H,1-5,12H2. The molecule has 0 saturated heterocycles. The van der Waals surface area contributed by atoms with Gasteiger partial charge in [0.05, 0.1) is 15.8 Å². The van der Waals surface area contributed by atoms with Crippen molar-refractivity contribution < 1.29 is 22.2 Å². The third kappa shape index (κ3) is 4.09. The van der Waals surface area contributed by atoms with Crippen molar-refractivity contribution in [2.24, 2.45) is 10.1 Å². The minimum absolute atomic E-state index is 0.109. The fourth-order valence-corrected chi connectivity index (χ4v) is 3.43. The van der Waals surface area contributed by atoms with Crippen LogP contribution in [0.25, 0.3) is 0 Å². The number of rotatable bonds is 3. The average Bonchev–Trinajstić information content (AvgIpc) is 2.10. The number of alkyl halides is 3. The molecule has 1 aliphatic rings. The predicted molar refractivity (Wildman–Crippen MR) is 53.2 cm³/mol. The van der Waals surface area contributed by atoms with Crippen LogP contribution in [0.4, 0.5) is 13.2 Å². The van der Waals surface area contributed by atoms with Crippen molar-refractivity contribution >= 4 is 15.6 Å². The Balaban J connectivity index is 2.57. The summed E-state index contributed by atoms with van der Waals surface area (Å²) >= 11 is 0. The van der Waals surface area contributed by atoms with Gasteiger partial charge in [0.25, 0.3) is 5.91 Å². The molecule has 94 valence electrons. The molecule has 0 aromatic carbocycles. The number of carbonyl (C=O) groups excluding carboxylic acids is 1. The topological polar surface area (TPSA) is 72.5 Å². The molecule has 0 bridgehead atoms. The highest BCUT2D eigenvalue weighted by Gasteiger charge is 2.29. The molecule has 0 radical (unpaired) electrons. The second-order valence-corrected chi connectivity index (χ2v) is 6.27. The largest absolute Gasteiger partial charge is 0.389 e. The van der Waals surface area contributed by atoms with Gasteiger partial charge in [0.2, 0.25) is 0 Å². The summed E-state index contributed by atoms with van der Waals surface area (Å²) in [6.07, 6.45) is -5.30. The first-order valence-corrected chi connectivity index (χ1v) is 6.66. The van der Waals surface area contributed by atoms with Crippen LogP contribution < -0.4 is 5.73 Å². The van der Waals surface area contributed by atoms with Gasteiger partial charge in [-0.1, -0.05) is 0 Å². The van der Waals surface area contributed by atoms with E-state index in [9.17, 15) is 22.2 Å². The lowest BCUT2D eigenvalue weighted by Crippen LogP contribution is -2.36. The highest BCUT2D eigenvalue weighted by Crippen LogP contribution is 2.22. The monoisotopic (exact) mass is 258 g/mol. The van der Waals surface area contributed by atoms with Gasteiger partial charge in [-0.05, 0) is 12.8 Å². The zero-order valence-electron chi connectivity index (χ0n) is 8.50. The van der Waals surface area contributed by atoms with E-state index in [1.165, 1.54) is 0 Å². The minimum atomic E-state index is -4.26. The fraction of sp³-hybridized carbons (Fsp3) is 0.875. The van der Waals surface area contributed by atoms with E-state index in [-0.39, 0.29) is 24.3 Å². The van der Waals surface area contributed by atoms with Gasteiger partial charge in [0.15, 0.2) is 0 Å². The molecule has 1 aliphatic heterocycles. The minimum Gasteiger partial charge on any atom is -0.320 e. The van der Waals surface area contributed by atoms with Gasteiger partial charge in [-0.15, -0.1) is 0 Å². The molecule has 1 heterocycles. The Morgan fingerprint density at radius 2 is 2.12 bits per heavy atom. The predicted octanol–water partition coefficient (Wildman–Crippen LogP) is 1.05. The Morgan fingerprint density at radius 3 is 2.62 bits per heavy atom. The van der Waals surface area contributed by atoms with Gasteiger partial charge >= 0.3 is 6.18 Å². The number of hydrogen-bond acceptors (Lipinski definition) is 3. The summed E-state index contributed by atoms with van der Waals surface area (Å²) in [4.78, 5) is 11.1. The van der Waals surface area contributed by atoms with Crippen molar-refractivity contribution in [2.75, 3.05) is 11.5 Å². The fourth-order valence-electron chi connectivity index (χ4n) is 1.36. The van der Waals surface area contributed by atoms with Gasteiger partial charge in [-0.2, -0.15) is 17.5 Å². The lowest BCUT2D eigenvalue weighted by molar-refractivity contribution is -0.134. The van der Waals surface area contributed by atoms with Crippen molar-refractivity contribution in [1.29, 1.82) is 0 Å². The summed E-state index contributed by atoms with van der Waals surface area (Å²) in [5, 5.41) is 0. The maximum absolute atomic E-state index is 11.9. The highest BCUT2D eigenvalue weighted by molar-refractivity contribution is 7.93. The summed E-state index contributed by atoms with van der Waals surface area (Å²) in [6.45, 7) is 0. The number of amides is 1. The Labute approximate surface area is 91.6 Å². The summed E-state index contributed by atoms with van der Waals surface area (Å²) in [5.41, 5.74) is 5.35. The zero-order valence-corrected chi connectivity index (χ0v) is 9.31. The van der Waals surface area contributed by atoms with E-state index in [0.717, 1.165) is 0 Å². The maximum Gasteiger partial charge on any atom is 0.389 e. The molecule has 2 atom stereocenters. The molecule has 2 unspecified atom stereocenters. The van der Waals surface area contributed by atoms with E-state index >= 15 is 0 Å². The van der Waals surface area contributed by atoms with Crippen molar-refractivity contribution in [3.8, 4) is 0 Å². The summed E-state index contributed by atoms with van der Waals surface area (Å²) in [5.74, 6) is -0.744. The van der Waals surface area contributed by atoms with E-state index in [1.807, 2.05) is 0 Å². The summed E-state index contributed by atoms with van der Waals surface area (Å²) in [7, 11) is -2.80. The third-order valence-electron chi connectivity index (χ3n) is 2.24. The molecule has 0 aliphatic carbocycles. The molecule has 8 heteroatoms. The second kappa shape index (κ2) is 4.70. The molecule has 4 nitrogen and oxygen atoms in total. The van der Waals surface area contributed by atoms with Crippen LogP contribution >= 0.6 is 0 Å². The number of carbonyl (C=O) groups is 1. The van der Waals surface area contributed by atoms with Crippen molar-refractivity contribution in [2.45, 2.75) is 31.5 Å². The van der Waals surface area contributed by atoms with Gasteiger partial charge in [0.1, 0.15) is 0 Å². The van der Waals surface area contributed by atoms with Crippen LogP contribution in [0.1, 0.15) is 19.3 Å². The van der Waals surface area contributed by atoms with Gasteiger partial charge in [-0.25, -0.2) is 4.21 Å². The van der Waals surface area contributed by atoms with Gasteiger partial charge in [-0.3, -0.25) is 4.79 Å². The summed E-state index contributed by atoms with van der Waals surface area (Å²) in [6, 6.07) is -0.753. The SMILES string of the molecule is NC1CCS(=O)(CCCC(F)(F)F)=NC1=O. The van der Waals surface area contributed by atoms with E-state index < -0.39 is 34.3 Å². The number of halogens is 3. The molecule has 0 aromatic heterocycles. The number of nitrogens with zero attached hydrogens (tertiary/aromatic N) is 1. The lowest BCUT2D eigenvalue weighted by Gasteiger charge is -2.18. The first-order chi connectivity index (χ1) is 7.22. The molecule has 16 heavy (non-hydrogen) atoms. The lowest BCUT2D eigenvalue weighted by atomic mass is 10.2. The van der Waals surface area contributed by atoms with Crippen LogP contribution in [0.2, 0.25) is 0 Å². The molecular formula is C8H13F3N2O2S. The molecular weight excluding hydrogens is 245 g/mol. The third-order valence-corrected chi connectivity index (χ3v) is 4.56. The van der Waals surface area contributed by atoms with Crippen LogP contribution in [-0.2, 0) is 14.5 Å². The van der Waals surface area contributed by atoms with E-state index in [0.29, 0.717) is 0 Å². The average molecular weight is 258 g/mol. The Hall–Kier alpha value is -0.630. The Morgan fingerprint density at radius 1 is 1.50 bits per heavy atom. The van der Waals surface area contributed by atoms with Gasteiger partial charge in [0, 0.05) is 17.9 Å². The Kier molecular flexibility index (Phi) is 3.95. The Bertz CT molecular complexity index is 385. The molecule has 1 rings (SSSR count). The van der Waals surface area contributed by atoms with Gasteiger partial charge < -0.3 is 5.73 Å². The molecule has 0 saturated carbocycles. The number of nitrogens with two attached hydrogens (primary N) is 1.